The SMILES string of the molecule is C[C@@H]1CC[C@H]2C(C)(COC(=O)c3ccc(F)cc3)O[C@@H]3O[C@]4(C)CC[C@@H]1[C@]32OO4. The third kappa shape index (κ3) is 2.86. The highest BCUT2D eigenvalue weighted by Crippen LogP contribution is 2.63. The van der Waals surface area contributed by atoms with Gasteiger partial charge in [0.2, 0.25) is 5.79 Å². The third-order valence-electron chi connectivity index (χ3n) is 7.40. The number of carbonyl (C=O) groups excluding carboxylic acids is 1. The van der Waals surface area contributed by atoms with Crippen LogP contribution in [0.3, 0.4) is 0 Å². The van der Waals surface area contributed by atoms with Crippen LogP contribution in [0.1, 0.15) is 56.8 Å². The second-order valence-corrected chi connectivity index (χ2v) is 9.37. The summed E-state index contributed by atoms with van der Waals surface area (Å²) in [5.41, 5.74) is -1.14. The molecule has 0 aromatic heterocycles. The van der Waals surface area contributed by atoms with Crippen molar-refractivity contribution in [3.63, 3.8) is 0 Å². The van der Waals surface area contributed by atoms with Crippen LogP contribution < -0.4 is 0 Å². The maximum atomic E-state index is 13.1. The van der Waals surface area contributed by atoms with E-state index in [4.69, 9.17) is 24.0 Å². The normalized spacial score (nSPS) is 45.5. The first-order valence-corrected chi connectivity index (χ1v) is 10.4. The monoisotopic (exact) mass is 406 g/mol. The average molecular weight is 406 g/mol. The van der Waals surface area contributed by atoms with Crippen LogP contribution in [-0.2, 0) is 24.0 Å². The van der Waals surface area contributed by atoms with Gasteiger partial charge in [-0.25, -0.2) is 19.0 Å². The summed E-state index contributed by atoms with van der Waals surface area (Å²) in [6, 6.07) is 5.32. The number of carbonyl (C=O) groups is 1. The first-order valence-electron chi connectivity index (χ1n) is 10.4. The van der Waals surface area contributed by atoms with Gasteiger partial charge in [0.1, 0.15) is 18.0 Å². The molecule has 6 nitrogen and oxygen atoms in total. The van der Waals surface area contributed by atoms with Crippen molar-refractivity contribution in [2.24, 2.45) is 17.8 Å². The van der Waals surface area contributed by atoms with Gasteiger partial charge in [0.15, 0.2) is 11.9 Å². The van der Waals surface area contributed by atoms with Crippen molar-refractivity contribution in [2.75, 3.05) is 6.61 Å². The van der Waals surface area contributed by atoms with E-state index in [0.29, 0.717) is 11.5 Å². The van der Waals surface area contributed by atoms with Gasteiger partial charge in [0.25, 0.3) is 0 Å². The van der Waals surface area contributed by atoms with Crippen molar-refractivity contribution in [1.82, 2.24) is 0 Å². The predicted molar refractivity (Wildman–Crippen MR) is 99.0 cm³/mol. The lowest BCUT2D eigenvalue weighted by Crippen LogP contribution is -2.62. The number of ether oxygens (including phenoxy) is 3. The molecule has 4 saturated heterocycles. The lowest BCUT2D eigenvalue weighted by atomic mass is 9.60. The van der Waals surface area contributed by atoms with Crippen molar-refractivity contribution < 1.29 is 33.2 Å². The minimum Gasteiger partial charge on any atom is -0.459 e. The van der Waals surface area contributed by atoms with Gasteiger partial charge in [-0.3, -0.25) is 0 Å². The van der Waals surface area contributed by atoms with E-state index in [9.17, 15) is 9.18 Å². The van der Waals surface area contributed by atoms with Gasteiger partial charge in [0, 0.05) is 12.3 Å². The zero-order valence-corrected chi connectivity index (χ0v) is 17.0. The fraction of sp³-hybridized carbons (Fsp3) is 0.682. The Labute approximate surface area is 169 Å². The van der Waals surface area contributed by atoms with Gasteiger partial charge in [0.05, 0.1) is 5.56 Å². The van der Waals surface area contributed by atoms with Crippen LogP contribution in [-0.4, -0.2) is 35.9 Å². The number of hydrogen-bond acceptors (Lipinski definition) is 6. The first-order chi connectivity index (χ1) is 13.8. The van der Waals surface area contributed by atoms with Crippen molar-refractivity contribution in [2.45, 2.75) is 69.7 Å². The Morgan fingerprint density at radius 3 is 2.66 bits per heavy atom. The molecule has 7 atom stereocenters. The highest BCUT2D eigenvalue weighted by atomic mass is 19.1. The molecule has 4 aliphatic heterocycles. The predicted octanol–water partition coefficient (Wildman–Crippen LogP) is 3.99. The maximum absolute atomic E-state index is 13.1. The molecule has 6 rings (SSSR count). The van der Waals surface area contributed by atoms with Gasteiger partial charge < -0.3 is 14.2 Å². The molecule has 158 valence electrons. The summed E-state index contributed by atoms with van der Waals surface area (Å²) in [5, 5.41) is 0. The molecule has 0 N–H and O–H groups in total. The lowest BCUT2D eigenvalue weighted by Gasteiger charge is -2.50. The molecule has 7 heteroatoms. The highest BCUT2D eigenvalue weighted by molar-refractivity contribution is 5.89. The van der Waals surface area contributed by atoms with Crippen LogP contribution in [0.15, 0.2) is 24.3 Å². The van der Waals surface area contributed by atoms with Gasteiger partial charge >= 0.3 is 5.97 Å². The number of rotatable bonds is 3. The number of hydrogen-bond donors (Lipinski definition) is 0. The van der Waals surface area contributed by atoms with Crippen molar-refractivity contribution in [1.29, 1.82) is 0 Å². The summed E-state index contributed by atoms with van der Waals surface area (Å²) >= 11 is 0. The molecule has 29 heavy (non-hydrogen) atoms. The van der Waals surface area contributed by atoms with Crippen LogP contribution in [0.4, 0.5) is 4.39 Å². The molecule has 1 aliphatic carbocycles. The Balaban J connectivity index is 1.40. The average Bonchev–Trinajstić information content (AvgIpc) is 2.78. The number of benzene rings is 1. The smallest absolute Gasteiger partial charge is 0.338 e. The van der Waals surface area contributed by atoms with E-state index in [-0.39, 0.29) is 18.4 Å². The molecule has 1 unspecified atom stereocenters. The standard InChI is InChI=1S/C22H27FO6/c1-13-4-9-17-20(2,12-25-18(24)14-5-7-15(23)8-6-14)26-19-22(17)16(13)10-11-21(3,27-19)28-29-22/h5-8,13,16-17,19H,4,9-12H2,1-3H3/t13-,16+,17+,19-,20?,21+,22-/m1/s1. The minimum absolute atomic E-state index is 0.0233. The Bertz CT molecular complexity index is 814. The molecule has 0 radical (unpaired) electrons. The summed E-state index contributed by atoms with van der Waals surface area (Å²) in [4.78, 5) is 24.3. The van der Waals surface area contributed by atoms with Gasteiger partial charge in [-0.15, -0.1) is 0 Å². The fourth-order valence-corrected chi connectivity index (χ4v) is 5.82. The molecule has 2 bridgehead atoms. The first kappa shape index (κ1) is 19.4. The second kappa shape index (κ2) is 6.48. The molecule has 1 saturated carbocycles. The fourth-order valence-electron chi connectivity index (χ4n) is 5.82. The van der Waals surface area contributed by atoms with Crippen molar-refractivity contribution >= 4 is 5.97 Å². The molecule has 5 fully saturated rings. The molecule has 1 aromatic rings. The van der Waals surface area contributed by atoms with Crippen LogP contribution in [0.25, 0.3) is 0 Å². The Hall–Kier alpha value is -1.54. The van der Waals surface area contributed by atoms with Gasteiger partial charge in [-0.1, -0.05) is 6.92 Å². The largest absolute Gasteiger partial charge is 0.459 e. The van der Waals surface area contributed by atoms with Crippen LogP contribution >= 0.6 is 0 Å². The quantitative estimate of drug-likeness (QED) is 0.559. The Kier molecular flexibility index (Phi) is 4.34. The molecular formula is C22H27FO6. The third-order valence-corrected chi connectivity index (χ3v) is 7.40. The maximum Gasteiger partial charge on any atom is 0.338 e. The van der Waals surface area contributed by atoms with Crippen LogP contribution in [0, 0.1) is 23.6 Å². The topological polar surface area (TPSA) is 63.2 Å². The number of halogens is 1. The van der Waals surface area contributed by atoms with E-state index in [2.05, 4.69) is 6.92 Å². The van der Waals surface area contributed by atoms with Crippen LogP contribution in [0.5, 0.6) is 0 Å². The van der Waals surface area contributed by atoms with E-state index < -0.39 is 35.1 Å². The lowest BCUT2D eigenvalue weighted by molar-refractivity contribution is -0.541. The van der Waals surface area contributed by atoms with E-state index in [1.165, 1.54) is 24.3 Å². The summed E-state index contributed by atoms with van der Waals surface area (Å²) in [6.07, 6.45) is 3.07. The molecule has 5 aliphatic rings. The van der Waals surface area contributed by atoms with Crippen LogP contribution in [0.2, 0.25) is 0 Å². The molecular weight excluding hydrogens is 379 g/mol. The summed E-state index contributed by atoms with van der Waals surface area (Å²) in [6.45, 7) is 6.15. The molecule has 1 spiro atoms. The molecule has 0 amide bonds. The summed E-state index contributed by atoms with van der Waals surface area (Å²) < 4.78 is 31.4. The highest BCUT2D eigenvalue weighted by Gasteiger charge is 2.74. The van der Waals surface area contributed by atoms with E-state index in [1.807, 2.05) is 13.8 Å². The number of esters is 1. The van der Waals surface area contributed by atoms with E-state index >= 15 is 0 Å². The molecule has 1 aromatic carbocycles. The van der Waals surface area contributed by atoms with E-state index in [0.717, 1.165) is 25.7 Å². The van der Waals surface area contributed by atoms with Crippen molar-refractivity contribution in [3.05, 3.63) is 35.6 Å². The zero-order chi connectivity index (χ0) is 20.4. The minimum atomic E-state index is -0.826. The Morgan fingerprint density at radius 1 is 1.14 bits per heavy atom. The number of fused-ring (bicyclic) bond motifs is 2. The van der Waals surface area contributed by atoms with Gasteiger partial charge in [-0.05, 0) is 69.2 Å². The van der Waals surface area contributed by atoms with Gasteiger partial charge in [-0.2, -0.15) is 0 Å². The summed E-state index contributed by atoms with van der Waals surface area (Å²) in [5.74, 6) is -1.03. The summed E-state index contributed by atoms with van der Waals surface area (Å²) in [7, 11) is 0. The molecule has 4 heterocycles. The van der Waals surface area contributed by atoms with E-state index in [1.54, 1.807) is 0 Å². The second-order valence-electron chi connectivity index (χ2n) is 9.37. The Morgan fingerprint density at radius 2 is 1.90 bits per heavy atom. The van der Waals surface area contributed by atoms with Crippen molar-refractivity contribution in [3.8, 4) is 0 Å². The zero-order valence-electron chi connectivity index (χ0n) is 17.0.